The number of fused-ring (bicyclic) bond motifs is 1. The van der Waals surface area contributed by atoms with E-state index in [1.54, 1.807) is 0 Å². The second-order valence-corrected chi connectivity index (χ2v) is 5.63. The summed E-state index contributed by atoms with van der Waals surface area (Å²) in [6.07, 6.45) is 5.71. The predicted molar refractivity (Wildman–Crippen MR) is 73.9 cm³/mol. The zero-order chi connectivity index (χ0) is 12.7. The fraction of sp³-hybridized carbons (Fsp3) is 0.571. The molecule has 0 amide bonds. The third kappa shape index (κ3) is 1.81. The molecule has 0 aliphatic heterocycles. The van der Waals surface area contributed by atoms with Gasteiger partial charge >= 0.3 is 0 Å². The van der Waals surface area contributed by atoms with Crippen molar-refractivity contribution in [1.82, 2.24) is 14.5 Å². The second kappa shape index (κ2) is 4.54. The predicted octanol–water partition coefficient (Wildman–Crippen LogP) is 3.84. The molecule has 2 unspecified atom stereocenters. The van der Waals surface area contributed by atoms with Crippen LogP contribution in [0, 0.1) is 12.8 Å². The first kappa shape index (κ1) is 12.0. The number of pyridine rings is 1. The minimum absolute atomic E-state index is 0.457. The Morgan fingerprint density at radius 2 is 2.28 bits per heavy atom. The highest BCUT2D eigenvalue weighted by atomic mass is 35.5. The molecule has 1 fully saturated rings. The highest BCUT2D eigenvalue weighted by molar-refractivity contribution is 6.16. The van der Waals surface area contributed by atoms with Gasteiger partial charge in [0.25, 0.3) is 0 Å². The van der Waals surface area contributed by atoms with E-state index in [2.05, 4.69) is 27.5 Å². The topological polar surface area (TPSA) is 30.7 Å². The molecular formula is C14H18ClN3. The standard InChI is InChI=1S/C14H18ClN3/c1-9-6-11-14(16-8-9)18(13(7-15)17-11)12-5-3-4-10(12)2/h6,8,10,12H,3-5,7H2,1-2H3. The SMILES string of the molecule is Cc1cnc2c(c1)nc(CCl)n2C1CCCC1C. The van der Waals surface area contributed by atoms with Crippen LogP contribution in [0.25, 0.3) is 11.2 Å². The average Bonchev–Trinajstić information content (AvgIpc) is 2.91. The summed E-state index contributed by atoms with van der Waals surface area (Å²) in [5.74, 6) is 2.11. The lowest BCUT2D eigenvalue weighted by Gasteiger charge is -2.19. The van der Waals surface area contributed by atoms with Crippen LogP contribution in [0.4, 0.5) is 0 Å². The van der Waals surface area contributed by atoms with Gasteiger partial charge in [-0.2, -0.15) is 0 Å². The Kier molecular flexibility index (Phi) is 3.02. The van der Waals surface area contributed by atoms with Gasteiger partial charge in [-0.05, 0) is 37.3 Å². The molecular weight excluding hydrogens is 246 g/mol. The number of imidazole rings is 1. The number of rotatable bonds is 2. The molecule has 0 aromatic carbocycles. The maximum absolute atomic E-state index is 6.06. The number of aryl methyl sites for hydroxylation is 1. The summed E-state index contributed by atoms with van der Waals surface area (Å²) in [7, 11) is 0. The number of aromatic nitrogens is 3. The van der Waals surface area contributed by atoms with Crippen LogP contribution in [-0.2, 0) is 5.88 Å². The molecule has 0 spiro atoms. The minimum Gasteiger partial charge on any atom is -0.308 e. The van der Waals surface area contributed by atoms with E-state index in [-0.39, 0.29) is 0 Å². The third-order valence-electron chi connectivity index (χ3n) is 4.01. The fourth-order valence-electron chi connectivity index (χ4n) is 3.08. The van der Waals surface area contributed by atoms with E-state index < -0.39 is 0 Å². The Labute approximate surface area is 112 Å². The van der Waals surface area contributed by atoms with Crippen molar-refractivity contribution in [2.24, 2.45) is 5.92 Å². The Hall–Kier alpha value is -1.09. The van der Waals surface area contributed by atoms with Gasteiger partial charge in [0.2, 0.25) is 0 Å². The van der Waals surface area contributed by atoms with Gasteiger partial charge < -0.3 is 4.57 Å². The number of hydrogen-bond acceptors (Lipinski definition) is 2. The minimum atomic E-state index is 0.457. The van der Waals surface area contributed by atoms with Crippen LogP contribution >= 0.6 is 11.6 Å². The van der Waals surface area contributed by atoms with Crippen molar-refractivity contribution in [3.05, 3.63) is 23.7 Å². The van der Waals surface area contributed by atoms with E-state index in [1.165, 1.54) is 19.3 Å². The number of hydrogen-bond donors (Lipinski definition) is 0. The van der Waals surface area contributed by atoms with Gasteiger partial charge in [0.15, 0.2) is 5.65 Å². The van der Waals surface area contributed by atoms with Crippen LogP contribution in [0.2, 0.25) is 0 Å². The molecule has 3 nitrogen and oxygen atoms in total. The van der Waals surface area contributed by atoms with Crippen molar-refractivity contribution in [3.8, 4) is 0 Å². The summed E-state index contributed by atoms with van der Waals surface area (Å²) in [6, 6.07) is 2.60. The lowest BCUT2D eigenvalue weighted by atomic mass is 10.1. The van der Waals surface area contributed by atoms with Crippen molar-refractivity contribution in [2.45, 2.75) is 45.0 Å². The molecule has 2 aromatic heterocycles. The molecule has 0 bridgehead atoms. The zero-order valence-electron chi connectivity index (χ0n) is 10.9. The van der Waals surface area contributed by atoms with Crippen molar-refractivity contribution in [1.29, 1.82) is 0 Å². The largest absolute Gasteiger partial charge is 0.308 e. The molecule has 96 valence electrons. The molecule has 0 radical (unpaired) electrons. The average molecular weight is 264 g/mol. The van der Waals surface area contributed by atoms with Crippen LogP contribution in [0.5, 0.6) is 0 Å². The summed E-state index contributed by atoms with van der Waals surface area (Å²) in [5, 5.41) is 0. The number of halogens is 1. The second-order valence-electron chi connectivity index (χ2n) is 5.36. The summed E-state index contributed by atoms with van der Waals surface area (Å²) in [6.45, 7) is 4.36. The van der Waals surface area contributed by atoms with Crippen LogP contribution < -0.4 is 0 Å². The van der Waals surface area contributed by atoms with Crippen LogP contribution in [0.1, 0.15) is 43.6 Å². The van der Waals surface area contributed by atoms with Gasteiger partial charge in [0, 0.05) is 12.2 Å². The van der Waals surface area contributed by atoms with Crippen molar-refractivity contribution < 1.29 is 0 Å². The first-order chi connectivity index (χ1) is 8.70. The summed E-state index contributed by atoms with van der Waals surface area (Å²) < 4.78 is 2.28. The molecule has 1 aliphatic carbocycles. The number of alkyl halides is 1. The van der Waals surface area contributed by atoms with Gasteiger partial charge in [-0.25, -0.2) is 9.97 Å². The maximum atomic E-state index is 6.06. The van der Waals surface area contributed by atoms with E-state index in [0.717, 1.165) is 22.6 Å². The maximum Gasteiger partial charge on any atom is 0.160 e. The molecule has 4 heteroatoms. The molecule has 1 saturated carbocycles. The van der Waals surface area contributed by atoms with Crippen molar-refractivity contribution in [3.63, 3.8) is 0 Å². The summed E-state index contributed by atoms with van der Waals surface area (Å²) in [4.78, 5) is 9.21. The fourth-order valence-corrected chi connectivity index (χ4v) is 3.27. The highest BCUT2D eigenvalue weighted by Crippen LogP contribution is 2.38. The van der Waals surface area contributed by atoms with E-state index in [9.17, 15) is 0 Å². The molecule has 18 heavy (non-hydrogen) atoms. The van der Waals surface area contributed by atoms with Gasteiger partial charge in [0.1, 0.15) is 11.3 Å². The van der Waals surface area contributed by atoms with Crippen molar-refractivity contribution in [2.75, 3.05) is 0 Å². The molecule has 2 heterocycles. The Balaban J connectivity index is 2.19. The van der Waals surface area contributed by atoms with E-state index in [0.29, 0.717) is 17.8 Å². The normalized spacial score (nSPS) is 23.9. The molecule has 1 aliphatic rings. The molecule has 2 atom stereocenters. The van der Waals surface area contributed by atoms with Gasteiger partial charge in [-0.15, -0.1) is 11.6 Å². The van der Waals surface area contributed by atoms with Crippen LogP contribution in [-0.4, -0.2) is 14.5 Å². The quantitative estimate of drug-likeness (QED) is 0.771. The molecule has 2 aromatic rings. The Morgan fingerprint density at radius 3 is 2.94 bits per heavy atom. The number of nitrogens with zero attached hydrogens (tertiary/aromatic N) is 3. The Bertz CT molecular complexity index is 576. The van der Waals surface area contributed by atoms with E-state index in [4.69, 9.17) is 11.6 Å². The highest BCUT2D eigenvalue weighted by Gasteiger charge is 2.28. The van der Waals surface area contributed by atoms with E-state index in [1.807, 2.05) is 13.1 Å². The summed E-state index contributed by atoms with van der Waals surface area (Å²) in [5.41, 5.74) is 3.12. The lowest BCUT2D eigenvalue weighted by molar-refractivity contribution is 0.407. The summed E-state index contributed by atoms with van der Waals surface area (Å²) >= 11 is 6.06. The first-order valence-electron chi connectivity index (χ1n) is 6.60. The van der Waals surface area contributed by atoms with Crippen molar-refractivity contribution >= 4 is 22.8 Å². The molecule has 3 rings (SSSR count). The monoisotopic (exact) mass is 263 g/mol. The zero-order valence-corrected chi connectivity index (χ0v) is 11.6. The van der Waals surface area contributed by atoms with Crippen LogP contribution in [0.15, 0.2) is 12.3 Å². The smallest absolute Gasteiger partial charge is 0.160 e. The van der Waals surface area contributed by atoms with E-state index >= 15 is 0 Å². The third-order valence-corrected chi connectivity index (χ3v) is 4.25. The molecule has 0 saturated heterocycles. The van der Waals surface area contributed by atoms with Gasteiger partial charge in [-0.3, -0.25) is 0 Å². The first-order valence-corrected chi connectivity index (χ1v) is 7.13. The Morgan fingerprint density at radius 1 is 1.44 bits per heavy atom. The van der Waals surface area contributed by atoms with Crippen LogP contribution in [0.3, 0.4) is 0 Å². The van der Waals surface area contributed by atoms with Gasteiger partial charge in [0.05, 0.1) is 5.88 Å². The van der Waals surface area contributed by atoms with Gasteiger partial charge in [-0.1, -0.05) is 13.3 Å². The lowest BCUT2D eigenvalue weighted by Crippen LogP contribution is -2.14. The molecule has 0 N–H and O–H groups in total.